The summed E-state index contributed by atoms with van der Waals surface area (Å²) < 4.78 is 66.0. The van der Waals surface area contributed by atoms with Crippen molar-refractivity contribution in [3.63, 3.8) is 0 Å². The van der Waals surface area contributed by atoms with Crippen LogP contribution < -0.4 is 9.46 Å². The van der Waals surface area contributed by atoms with E-state index in [1.54, 1.807) is 16.8 Å². The molecule has 2 aromatic rings. The molecule has 23 heavy (non-hydrogen) atoms. The molecule has 0 radical (unpaired) electrons. The maximum Gasteiger partial charge on any atom is 0.573 e. The van der Waals surface area contributed by atoms with Gasteiger partial charge in [0, 0.05) is 6.54 Å². The summed E-state index contributed by atoms with van der Waals surface area (Å²) in [5, 5.41) is 13.3. The molecule has 0 aliphatic rings. The topological polar surface area (TPSA) is 75.6 Å². The summed E-state index contributed by atoms with van der Waals surface area (Å²) in [6.45, 7) is -0.250. The van der Waals surface area contributed by atoms with E-state index in [0.717, 1.165) is 24.3 Å². The van der Waals surface area contributed by atoms with E-state index in [9.17, 15) is 26.7 Å². The van der Waals surface area contributed by atoms with Crippen molar-refractivity contribution in [1.82, 2.24) is 4.72 Å². The fourth-order valence-electron chi connectivity index (χ4n) is 1.67. The molecule has 0 aliphatic carbocycles. The Balaban J connectivity index is 2.02. The lowest BCUT2D eigenvalue weighted by atomic mass is 10.2. The van der Waals surface area contributed by atoms with Gasteiger partial charge in [-0.05, 0) is 46.7 Å². The summed E-state index contributed by atoms with van der Waals surface area (Å²) in [6, 6.07) is 5.43. The van der Waals surface area contributed by atoms with E-state index >= 15 is 0 Å². The summed E-state index contributed by atoms with van der Waals surface area (Å²) in [5.41, 5.74) is 0.576. The first-order chi connectivity index (χ1) is 10.7. The molecule has 0 saturated carbocycles. The standard InChI is InChI=1S/C13H12F3NO4S2/c14-13(15,16)21-10-1-3-11(4-2-10)23(19,20)17-7-12(18)9-5-6-22-8-9/h1-6,8,12,17-18H,7H2. The molecule has 2 rings (SSSR count). The molecule has 2 N–H and O–H groups in total. The Morgan fingerprint density at radius 1 is 1.22 bits per heavy atom. The number of ether oxygens (including phenoxy) is 1. The average molecular weight is 367 g/mol. The van der Waals surface area contributed by atoms with Crippen molar-refractivity contribution < 1.29 is 31.4 Å². The second-order valence-corrected chi connectivity index (χ2v) is 6.99. The Morgan fingerprint density at radius 2 is 1.87 bits per heavy atom. The molecule has 0 fully saturated rings. The minimum Gasteiger partial charge on any atom is -0.406 e. The van der Waals surface area contributed by atoms with Crippen LogP contribution in [0.5, 0.6) is 5.75 Å². The zero-order chi connectivity index (χ0) is 17.1. The quantitative estimate of drug-likeness (QED) is 0.823. The van der Waals surface area contributed by atoms with Crippen molar-refractivity contribution in [1.29, 1.82) is 0 Å². The van der Waals surface area contributed by atoms with Crippen LogP contribution in [0.3, 0.4) is 0 Å². The predicted octanol–water partition coefficient (Wildman–Crippen LogP) is 2.66. The van der Waals surface area contributed by atoms with E-state index in [2.05, 4.69) is 9.46 Å². The van der Waals surface area contributed by atoms with Crippen molar-refractivity contribution in [3.8, 4) is 5.75 Å². The molecular weight excluding hydrogens is 355 g/mol. The molecule has 0 bridgehead atoms. The van der Waals surface area contributed by atoms with Gasteiger partial charge in [-0.15, -0.1) is 13.2 Å². The maximum atomic E-state index is 12.0. The van der Waals surface area contributed by atoms with Crippen LogP contribution in [-0.4, -0.2) is 26.4 Å². The minimum atomic E-state index is -4.84. The molecule has 0 saturated heterocycles. The molecule has 1 heterocycles. The van der Waals surface area contributed by atoms with Gasteiger partial charge in [0.25, 0.3) is 0 Å². The normalized spacial score (nSPS) is 13.7. The van der Waals surface area contributed by atoms with Crippen molar-refractivity contribution in [3.05, 3.63) is 46.7 Å². The van der Waals surface area contributed by atoms with Gasteiger partial charge < -0.3 is 9.84 Å². The van der Waals surface area contributed by atoms with Crippen LogP contribution in [-0.2, 0) is 10.0 Å². The number of thiophene rings is 1. The SMILES string of the molecule is O=S(=O)(NCC(O)c1ccsc1)c1ccc(OC(F)(F)F)cc1. The second kappa shape index (κ2) is 6.87. The molecule has 126 valence electrons. The lowest BCUT2D eigenvalue weighted by molar-refractivity contribution is -0.274. The molecule has 10 heteroatoms. The molecule has 1 atom stereocenters. The minimum absolute atomic E-state index is 0.232. The molecule has 0 amide bonds. The molecular formula is C13H12F3NO4S2. The smallest absolute Gasteiger partial charge is 0.406 e. The number of alkyl halides is 3. The number of aliphatic hydroxyl groups is 1. The molecule has 1 aromatic heterocycles. The Bertz CT molecular complexity index is 728. The third kappa shape index (κ3) is 5.20. The fourth-order valence-corrected chi connectivity index (χ4v) is 3.42. The van der Waals surface area contributed by atoms with Crippen molar-refractivity contribution in [2.45, 2.75) is 17.4 Å². The average Bonchev–Trinajstić information content (AvgIpc) is 2.98. The number of halogens is 3. The highest BCUT2D eigenvalue weighted by molar-refractivity contribution is 7.89. The molecule has 5 nitrogen and oxygen atoms in total. The van der Waals surface area contributed by atoms with Crippen LogP contribution in [0.4, 0.5) is 13.2 Å². The molecule has 1 unspecified atom stereocenters. The predicted molar refractivity (Wildman–Crippen MR) is 77.6 cm³/mol. The monoisotopic (exact) mass is 367 g/mol. The van der Waals surface area contributed by atoms with Crippen molar-refractivity contribution in [2.75, 3.05) is 6.54 Å². The van der Waals surface area contributed by atoms with Gasteiger partial charge in [0.2, 0.25) is 10.0 Å². The lowest BCUT2D eigenvalue weighted by Gasteiger charge is -2.12. The summed E-state index contributed by atoms with van der Waals surface area (Å²) in [6.07, 6.45) is -5.85. The summed E-state index contributed by atoms with van der Waals surface area (Å²) in [4.78, 5) is -0.232. The molecule has 0 spiro atoms. The number of hydrogen-bond donors (Lipinski definition) is 2. The van der Waals surface area contributed by atoms with Crippen LogP contribution in [0.1, 0.15) is 11.7 Å². The van der Waals surface area contributed by atoms with Crippen LogP contribution in [0.25, 0.3) is 0 Å². The zero-order valence-electron chi connectivity index (χ0n) is 11.4. The Morgan fingerprint density at radius 3 is 2.39 bits per heavy atom. The molecule has 0 aliphatic heterocycles. The van der Waals surface area contributed by atoms with E-state index < -0.39 is 28.2 Å². The van der Waals surface area contributed by atoms with Crippen LogP contribution in [0.2, 0.25) is 0 Å². The Kier molecular flexibility index (Phi) is 5.30. The van der Waals surface area contributed by atoms with E-state index in [0.29, 0.717) is 5.56 Å². The van der Waals surface area contributed by atoms with Gasteiger partial charge in [-0.1, -0.05) is 0 Å². The van der Waals surface area contributed by atoms with Crippen molar-refractivity contribution in [2.24, 2.45) is 0 Å². The largest absolute Gasteiger partial charge is 0.573 e. The lowest BCUT2D eigenvalue weighted by Crippen LogP contribution is -2.28. The van der Waals surface area contributed by atoms with Gasteiger partial charge in [0.05, 0.1) is 11.0 Å². The van der Waals surface area contributed by atoms with E-state index in [1.165, 1.54) is 11.3 Å². The first-order valence-corrected chi connectivity index (χ1v) is 8.65. The second-order valence-electron chi connectivity index (χ2n) is 4.44. The fraction of sp³-hybridized carbons (Fsp3) is 0.231. The number of aliphatic hydroxyl groups excluding tert-OH is 1. The number of benzene rings is 1. The van der Waals surface area contributed by atoms with Crippen LogP contribution in [0, 0.1) is 0 Å². The first kappa shape index (κ1) is 17.7. The summed E-state index contributed by atoms with van der Waals surface area (Å²) >= 11 is 1.36. The number of rotatable bonds is 6. The van der Waals surface area contributed by atoms with E-state index in [1.807, 2.05) is 0 Å². The van der Waals surface area contributed by atoms with E-state index in [4.69, 9.17) is 0 Å². The van der Waals surface area contributed by atoms with Gasteiger partial charge in [-0.3, -0.25) is 0 Å². The van der Waals surface area contributed by atoms with Crippen LogP contribution >= 0.6 is 11.3 Å². The third-order valence-corrected chi connectivity index (χ3v) is 4.90. The number of nitrogens with one attached hydrogen (secondary N) is 1. The highest BCUT2D eigenvalue weighted by Gasteiger charge is 2.31. The first-order valence-electron chi connectivity index (χ1n) is 6.23. The van der Waals surface area contributed by atoms with Crippen LogP contribution in [0.15, 0.2) is 46.0 Å². The summed E-state index contributed by atoms with van der Waals surface area (Å²) in [5.74, 6) is -0.519. The summed E-state index contributed by atoms with van der Waals surface area (Å²) in [7, 11) is -3.95. The molecule has 1 aromatic carbocycles. The maximum absolute atomic E-state index is 12.0. The van der Waals surface area contributed by atoms with Gasteiger partial charge >= 0.3 is 6.36 Å². The van der Waals surface area contributed by atoms with Gasteiger partial charge in [-0.2, -0.15) is 11.3 Å². The third-order valence-electron chi connectivity index (χ3n) is 2.76. The van der Waals surface area contributed by atoms with E-state index in [-0.39, 0.29) is 11.4 Å². The number of hydrogen-bond acceptors (Lipinski definition) is 5. The highest BCUT2D eigenvalue weighted by atomic mass is 32.2. The zero-order valence-corrected chi connectivity index (χ0v) is 13.1. The Labute approximate surface area is 134 Å². The van der Waals surface area contributed by atoms with Gasteiger partial charge in [0.15, 0.2) is 0 Å². The van der Waals surface area contributed by atoms with Crippen molar-refractivity contribution >= 4 is 21.4 Å². The Hall–Kier alpha value is -1.62. The highest BCUT2D eigenvalue weighted by Crippen LogP contribution is 2.24. The van der Waals surface area contributed by atoms with Gasteiger partial charge in [0.1, 0.15) is 5.75 Å². The number of sulfonamides is 1. The van der Waals surface area contributed by atoms with Gasteiger partial charge in [-0.25, -0.2) is 13.1 Å².